The van der Waals surface area contributed by atoms with Crippen molar-refractivity contribution in [3.05, 3.63) is 12.3 Å². The minimum atomic E-state index is 0.104. The molecule has 1 aromatic heterocycles. The molecule has 0 aromatic carbocycles. The molecule has 1 amide bonds. The molecule has 6 heteroatoms. The fraction of sp³-hybridized carbons (Fsp3) is 0.667. The summed E-state index contributed by atoms with van der Waals surface area (Å²) >= 11 is 1.75. The molecular formula is C12H18N4OS. The molecule has 2 saturated heterocycles. The number of thioether (sulfide) groups is 1. The molecule has 0 radical (unpaired) electrons. The van der Waals surface area contributed by atoms with E-state index in [-0.39, 0.29) is 11.2 Å². The van der Waals surface area contributed by atoms with Crippen LogP contribution in [0, 0.1) is 0 Å². The third-order valence-electron chi connectivity index (χ3n) is 3.49. The number of anilines is 1. The first-order valence-corrected chi connectivity index (χ1v) is 7.56. The summed E-state index contributed by atoms with van der Waals surface area (Å²) in [6, 6.07) is 2.31. The molecule has 0 saturated carbocycles. The van der Waals surface area contributed by atoms with Crippen molar-refractivity contribution in [1.82, 2.24) is 15.1 Å². The Balaban J connectivity index is 1.60. The van der Waals surface area contributed by atoms with Crippen molar-refractivity contribution < 1.29 is 4.79 Å². The molecule has 1 aromatic rings. The zero-order valence-corrected chi connectivity index (χ0v) is 11.1. The monoisotopic (exact) mass is 266 g/mol. The quantitative estimate of drug-likeness (QED) is 0.864. The Kier molecular flexibility index (Phi) is 3.56. The predicted octanol–water partition coefficient (Wildman–Crippen LogP) is 1.25. The highest BCUT2D eigenvalue weighted by Gasteiger charge is 2.24. The number of carbonyl (C=O) groups excluding carboxylic acids is 1. The van der Waals surface area contributed by atoms with Crippen LogP contribution < -0.4 is 10.6 Å². The summed E-state index contributed by atoms with van der Waals surface area (Å²) in [4.78, 5) is 12.0. The summed E-state index contributed by atoms with van der Waals surface area (Å²) in [6.45, 7) is 2.01. The maximum Gasteiger partial charge on any atom is 0.238 e. The molecule has 0 spiro atoms. The van der Waals surface area contributed by atoms with Gasteiger partial charge in [0.15, 0.2) is 5.82 Å². The molecular weight excluding hydrogens is 248 g/mol. The lowest BCUT2D eigenvalue weighted by Crippen LogP contribution is -2.23. The minimum absolute atomic E-state index is 0.104. The number of carbonyl (C=O) groups is 1. The molecule has 0 bridgehead atoms. The second kappa shape index (κ2) is 5.32. The fourth-order valence-electron chi connectivity index (χ4n) is 2.46. The molecule has 2 aliphatic rings. The molecule has 3 rings (SSSR count). The van der Waals surface area contributed by atoms with Crippen LogP contribution in [-0.4, -0.2) is 39.8 Å². The van der Waals surface area contributed by atoms with E-state index in [1.54, 1.807) is 11.8 Å². The maximum absolute atomic E-state index is 12.0. The Morgan fingerprint density at radius 2 is 2.50 bits per heavy atom. The van der Waals surface area contributed by atoms with Gasteiger partial charge in [0.05, 0.1) is 11.3 Å². The average Bonchev–Trinajstić information content (AvgIpc) is 3.12. The summed E-state index contributed by atoms with van der Waals surface area (Å²) in [5.74, 6) is 1.88. The summed E-state index contributed by atoms with van der Waals surface area (Å²) < 4.78 is 1.96. The number of rotatable bonds is 3. The highest BCUT2D eigenvalue weighted by Crippen LogP contribution is 2.27. The van der Waals surface area contributed by atoms with Gasteiger partial charge in [-0.15, -0.1) is 11.8 Å². The van der Waals surface area contributed by atoms with E-state index in [1.165, 1.54) is 0 Å². The van der Waals surface area contributed by atoms with Crippen LogP contribution in [0.2, 0.25) is 0 Å². The van der Waals surface area contributed by atoms with Crippen molar-refractivity contribution in [2.24, 2.45) is 0 Å². The molecule has 2 aliphatic heterocycles. The topological polar surface area (TPSA) is 59.0 Å². The van der Waals surface area contributed by atoms with Crippen molar-refractivity contribution in [3.8, 4) is 0 Å². The van der Waals surface area contributed by atoms with Gasteiger partial charge < -0.3 is 10.6 Å². The summed E-state index contributed by atoms with van der Waals surface area (Å²) in [7, 11) is 0. The Hall–Kier alpha value is -1.01. The standard InChI is InChI=1S/C12H18N4OS/c17-12(10-2-1-7-18-10)14-11-4-6-16(15-11)9-3-5-13-8-9/h4,6,9-10,13H,1-3,5,7-8H2,(H,14,15,17)/t9-,10-/m1/s1. The second-order valence-corrected chi connectivity index (χ2v) is 6.13. The third kappa shape index (κ3) is 2.54. The Labute approximate surface area is 111 Å². The third-order valence-corrected chi connectivity index (χ3v) is 4.87. The summed E-state index contributed by atoms with van der Waals surface area (Å²) in [5, 5.41) is 10.8. The first-order valence-electron chi connectivity index (χ1n) is 6.51. The van der Waals surface area contributed by atoms with Crippen molar-refractivity contribution in [3.63, 3.8) is 0 Å². The largest absolute Gasteiger partial charge is 0.315 e. The number of amides is 1. The lowest BCUT2D eigenvalue weighted by molar-refractivity contribution is -0.115. The first kappa shape index (κ1) is 12.0. The van der Waals surface area contributed by atoms with E-state index < -0.39 is 0 Å². The van der Waals surface area contributed by atoms with E-state index in [2.05, 4.69) is 15.7 Å². The lowest BCUT2D eigenvalue weighted by Gasteiger charge is -2.09. The molecule has 3 heterocycles. The lowest BCUT2D eigenvalue weighted by atomic mass is 10.2. The smallest absolute Gasteiger partial charge is 0.238 e. The first-order chi connectivity index (χ1) is 8.83. The van der Waals surface area contributed by atoms with E-state index in [4.69, 9.17) is 0 Å². The van der Waals surface area contributed by atoms with Gasteiger partial charge in [0, 0.05) is 18.8 Å². The van der Waals surface area contributed by atoms with Gasteiger partial charge in [-0.1, -0.05) is 0 Å². The van der Waals surface area contributed by atoms with Gasteiger partial charge in [0.1, 0.15) is 0 Å². The molecule has 98 valence electrons. The molecule has 18 heavy (non-hydrogen) atoms. The van der Waals surface area contributed by atoms with Crippen molar-refractivity contribution in [1.29, 1.82) is 0 Å². The Morgan fingerprint density at radius 3 is 3.22 bits per heavy atom. The van der Waals surface area contributed by atoms with E-state index in [0.717, 1.165) is 38.1 Å². The maximum atomic E-state index is 12.0. The molecule has 0 unspecified atom stereocenters. The van der Waals surface area contributed by atoms with Crippen LogP contribution in [0.5, 0.6) is 0 Å². The normalized spacial score (nSPS) is 27.6. The van der Waals surface area contributed by atoms with Gasteiger partial charge in [-0.25, -0.2) is 0 Å². The van der Waals surface area contributed by atoms with Gasteiger partial charge >= 0.3 is 0 Å². The van der Waals surface area contributed by atoms with Gasteiger partial charge in [0.2, 0.25) is 5.91 Å². The zero-order chi connectivity index (χ0) is 12.4. The van der Waals surface area contributed by atoms with Crippen LogP contribution in [-0.2, 0) is 4.79 Å². The fourth-order valence-corrected chi connectivity index (χ4v) is 3.63. The molecule has 0 aliphatic carbocycles. The van der Waals surface area contributed by atoms with Gasteiger partial charge in [0.25, 0.3) is 0 Å². The Bertz CT molecular complexity index is 421. The van der Waals surface area contributed by atoms with Crippen LogP contribution in [0.3, 0.4) is 0 Å². The molecule has 2 N–H and O–H groups in total. The number of nitrogens with zero attached hydrogens (tertiary/aromatic N) is 2. The van der Waals surface area contributed by atoms with Crippen molar-refractivity contribution in [2.75, 3.05) is 24.2 Å². The zero-order valence-electron chi connectivity index (χ0n) is 10.3. The highest BCUT2D eigenvalue weighted by molar-refractivity contribution is 8.00. The Morgan fingerprint density at radius 1 is 1.56 bits per heavy atom. The number of nitrogens with one attached hydrogen (secondary N) is 2. The van der Waals surface area contributed by atoms with Gasteiger partial charge in [-0.05, 0) is 31.6 Å². The SMILES string of the molecule is O=C(Nc1ccn([C@@H]2CCNC2)n1)[C@H]1CCCS1. The molecule has 2 fully saturated rings. The second-order valence-electron chi connectivity index (χ2n) is 4.82. The van der Waals surface area contributed by atoms with Crippen LogP contribution in [0.25, 0.3) is 0 Å². The van der Waals surface area contributed by atoms with Gasteiger partial charge in [-0.3, -0.25) is 9.48 Å². The summed E-state index contributed by atoms with van der Waals surface area (Å²) in [6.07, 6.45) is 5.19. The van der Waals surface area contributed by atoms with Crippen LogP contribution in [0.15, 0.2) is 12.3 Å². The van der Waals surface area contributed by atoms with Crippen LogP contribution in [0.1, 0.15) is 25.3 Å². The van der Waals surface area contributed by atoms with Crippen molar-refractivity contribution >= 4 is 23.5 Å². The van der Waals surface area contributed by atoms with E-state index in [1.807, 2.05) is 16.9 Å². The van der Waals surface area contributed by atoms with E-state index in [9.17, 15) is 4.79 Å². The van der Waals surface area contributed by atoms with Gasteiger partial charge in [-0.2, -0.15) is 5.10 Å². The summed E-state index contributed by atoms with van der Waals surface area (Å²) in [5.41, 5.74) is 0. The van der Waals surface area contributed by atoms with E-state index >= 15 is 0 Å². The van der Waals surface area contributed by atoms with Crippen LogP contribution >= 0.6 is 11.8 Å². The van der Waals surface area contributed by atoms with E-state index in [0.29, 0.717) is 11.9 Å². The average molecular weight is 266 g/mol. The van der Waals surface area contributed by atoms with Crippen molar-refractivity contribution in [2.45, 2.75) is 30.6 Å². The predicted molar refractivity (Wildman–Crippen MR) is 72.9 cm³/mol. The highest BCUT2D eigenvalue weighted by atomic mass is 32.2. The van der Waals surface area contributed by atoms with Crippen LogP contribution in [0.4, 0.5) is 5.82 Å². The molecule has 2 atom stereocenters. The molecule has 5 nitrogen and oxygen atoms in total. The number of aromatic nitrogens is 2. The number of hydrogen-bond acceptors (Lipinski definition) is 4. The minimum Gasteiger partial charge on any atom is -0.315 e. The number of hydrogen-bond donors (Lipinski definition) is 2.